The van der Waals surface area contributed by atoms with E-state index in [9.17, 15) is 4.79 Å². The summed E-state index contributed by atoms with van der Waals surface area (Å²) < 4.78 is 28.5. The highest BCUT2D eigenvalue weighted by molar-refractivity contribution is 6.92. The van der Waals surface area contributed by atoms with Gasteiger partial charge in [0.05, 0.1) is 110 Å². The summed E-state index contributed by atoms with van der Waals surface area (Å²) in [5.41, 5.74) is 22.3. The highest BCUT2D eigenvalue weighted by Gasteiger charge is 2.33. The lowest BCUT2D eigenvalue weighted by atomic mass is 10.0. The molecule has 19 nitrogen and oxygen atoms in total. The first-order valence-electron chi connectivity index (χ1n) is 47.4. The van der Waals surface area contributed by atoms with Crippen LogP contribution in [0.4, 0.5) is 4.79 Å². The number of benzene rings is 3. The Bertz CT molecular complexity index is 6300. The van der Waals surface area contributed by atoms with Crippen molar-refractivity contribution in [3.8, 4) is 51.0 Å². The molecule has 0 aliphatic heterocycles. The highest BCUT2D eigenvalue weighted by Crippen LogP contribution is 2.44. The Morgan fingerprint density at radius 2 is 0.672 bits per heavy atom. The van der Waals surface area contributed by atoms with Crippen molar-refractivity contribution in [1.29, 1.82) is 0 Å². The molecule has 0 aliphatic carbocycles. The van der Waals surface area contributed by atoms with Crippen molar-refractivity contribution in [2.24, 2.45) is 7.05 Å². The van der Waals surface area contributed by atoms with Gasteiger partial charge in [0.2, 0.25) is 0 Å². The average molecular weight is 1810 g/mol. The molecule has 3 aromatic carbocycles. The second kappa shape index (κ2) is 45.9. The van der Waals surface area contributed by atoms with Crippen LogP contribution in [0.5, 0.6) is 17.2 Å². The van der Waals surface area contributed by atoms with Crippen LogP contribution in [0.3, 0.4) is 0 Å². The van der Waals surface area contributed by atoms with E-state index in [1.807, 2.05) is 31.5 Å². The number of nitrogens with zero attached hydrogens (tertiary/aromatic N) is 8. The van der Waals surface area contributed by atoms with Crippen molar-refractivity contribution < 1.29 is 33.3 Å². The van der Waals surface area contributed by atoms with Crippen LogP contribution in [0, 0.1) is 34.6 Å². The maximum Gasteiger partial charge on any atom is 0.418 e. The number of pyridine rings is 6. The van der Waals surface area contributed by atoms with Crippen LogP contribution in [0.2, 0.25) is 49.6 Å². The molecule has 0 saturated heterocycles. The molecule has 15 aromatic rings. The first-order chi connectivity index (χ1) is 61.8. The number of carbonyl (C=O) groups is 1. The van der Waals surface area contributed by atoms with Gasteiger partial charge in [-0.3, -0.25) is 9.55 Å². The molecule has 0 bridgehead atoms. The Balaban J connectivity index is 0.000000223. The van der Waals surface area contributed by atoms with E-state index in [1.54, 1.807) is 16.7 Å². The summed E-state index contributed by atoms with van der Waals surface area (Å²) in [6, 6.07) is 24.7. The number of aromatic amines is 4. The van der Waals surface area contributed by atoms with Crippen molar-refractivity contribution in [2.45, 2.75) is 287 Å². The molecule has 0 amide bonds. The number of H-pyrrole nitrogens is 4. The molecule has 0 fully saturated rings. The van der Waals surface area contributed by atoms with E-state index in [0.29, 0.717) is 30.1 Å². The van der Waals surface area contributed by atoms with Crippen molar-refractivity contribution in [3.05, 3.63) is 148 Å². The van der Waals surface area contributed by atoms with E-state index in [-0.39, 0.29) is 12.2 Å². The Morgan fingerprint density at radius 3 is 1.05 bits per heavy atom. The summed E-state index contributed by atoms with van der Waals surface area (Å²) in [4.78, 5) is 73.0. The van der Waals surface area contributed by atoms with Crippen molar-refractivity contribution in [3.63, 3.8) is 0 Å². The van der Waals surface area contributed by atoms with Gasteiger partial charge in [-0.1, -0.05) is 269 Å². The van der Waals surface area contributed by atoms with Gasteiger partial charge in [0.25, 0.3) is 0 Å². The number of nitrogens with one attached hydrogen (secondary N) is 4. The quantitative estimate of drug-likeness (QED) is 0.0121. The van der Waals surface area contributed by atoms with E-state index in [2.05, 4.69) is 203 Å². The van der Waals surface area contributed by atoms with Gasteiger partial charge in [-0.2, -0.15) is 9.59 Å². The second-order valence-electron chi connectivity index (χ2n) is 37.0. The Morgan fingerprint density at radius 1 is 0.375 bits per heavy atom. The van der Waals surface area contributed by atoms with Gasteiger partial charge in [0.1, 0.15) is 44.1 Å². The molecule has 0 aliphatic rings. The summed E-state index contributed by atoms with van der Waals surface area (Å²) >= 11 is 12.3. The minimum atomic E-state index is -1.55. The molecular formula is C105H136Cl2N12O7Si2. The van der Waals surface area contributed by atoms with Crippen LogP contribution in [0.25, 0.3) is 132 Å². The number of hydrogen-bond donors (Lipinski definition) is 4. The topological polar surface area (TPSA) is 238 Å². The molecule has 12 heterocycles. The van der Waals surface area contributed by atoms with Crippen LogP contribution in [0.1, 0.15) is 241 Å². The number of carbonyl (C=O) groups excluding carboxylic acids is 3. The number of halogens is 2. The van der Waals surface area contributed by atoms with Crippen LogP contribution in [-0.4, -0.2) is 114 Å². The molecular weight excluding hydrogens is 1670 g/mol. The van der Waals surface area contributed by atoms with Gasteiger partial charge in [0.15, 0.2) is 0 Å². The zero-order chi connectivity index (χ0) is 91.2. The van der Waals surface area contributed by atoms with Crippen molar-refractivity contribution in [1.82, 2.24) is 59.0 Å². The number of hydrogen-bond acceptors (Lipinski definition) is 13. The molecule has 0 radical (unpaired) electrons. The minimum Gasteiger partial charge on any atom is -0.493 e. The Kier molecular flexibility index (Phi) is 34.7. The summed E-state index contributed by atoms with van der Waals surface area (Å²) in [7, 11) is 0.431. The molecule has 12 aromatic heterocycles. The molecule has 0 saturated carbocycles. The molecule has 4 N–H and O–H groups in total. The lowest BCUT2D eigenvalue weighted by Crippen LogP contribution is -2.38. The standard InChI is InChI=1S/C64H78N8O2.C25H32Cl2N2O.C15H26N2O2Si2.CO2/c1-7-9-11-13-15-17-19-21-23-25-35-73-63-43(5)45-29-33-53(70-59(45)61-47(63)28-27-42(4)69-61)50-39-67-58-51(40-68-57(50)58)54-34-31-48-62(72-54)60-46(30-32-52(71-60)49-38-66-55-41(3)37-65-56(49)55)44(6)64(48)74-36-26-24-22-20-18-16-14-12-10-8-2;1-3-4-5-6-7-8-9-10-11-12-17-30-25-18(2)19-13-15-21(26)28-23(19)24-20(25)14-16-22(27)29-24;1-16-9-11(20(3,4)5)14-13(16)12(21(6,7)8)10-17(14)15(18)19-2;2-1-3/h27-34,37-40,65-68H,7-26,35-36H2,1-6H3;13-16H,3-12,17H2,1-2H3;9-10H,1-8H3;. The molecule has 23 heteroatoms. The summed E-state index contributed by atoms with van der Waals surface area (Å²) in [5.74, 6) is 2.69. The van der Waals surface area contributed by atoms with Crippen molar-refractivity contribution >= 4 is 160 Å². The van der Waals surface area contributed by atoms with Gasteiger partial charge < -0.3 is 43.5 Å². The van der Waals surface area contributed by atoms with Gasteiger partial charge in [-0.15, -0.1) is 0 Å². The largest absolute Gasteiger partial charge is 0.493 e. The number of methoxy groups -OCH3 is 1. The number of fused-ring (bicyclic) bond motifs is 12. The predicted molar refractivity (Wildman–Crippen MR) is 539 cm³/mol. The molecule has 680 valence electrons. The van der Waals surface area contributed by atoms with Gasteiger partial charge in [-0.25, -0.2) is 29.7 Å². The fourth-order valence-electron chi connectivity index (χ4n) is 18.1. The maximum absolute atomic E-state index is 12.2. The lowest BCUT2D eigenvalue weighted by molar-refractivity contribution is -0.191. The molecule has 0 spiro atoms. The fraction of sp³-hybridized carbons (Fsp3) is 0.467. The van der Waals surface area contributed by atoms with Gasteiger partial charge in [-0.05, 0) is 130 Å². The predicted octanol–water partition coefficient (Wildman–Crippen LogP) is 29.1. The first-order valence-corrected chi connectivity index (χ1v) is 55.1. The van der Waals surface area contributed by atoms with Crippen molar-refractivity contribution in [2.75, 3.05) is 26.9 Å². The zero-order valence-corrected chi connectivity index (χ0v) is 82.4. The highest BCUT2D eigenvalue weighted by atomic mass is 35.5. The minimum absolute atomic E-state index is 0.250. The van der Waals surface area contributed by atoms with Crippen LogP contribution >= 0.6 is 23.2 Å². The molecule has 0 unspecified atom stereocenters. The smallest absolute Gasteiger partial charge is 0.418 e. The summed E-state index contributed by atoms with van der Waals surface area (Å²) in [6.07, 6.45) is 51.3. The van der Waals surface area contributed by atoms with Crippen LogP contribution in [0.15, 0.2) is 110 Å². The first kappa shape index (κ1) is 96.9. The Labute approximate surface area is 768 Å². The van der Waals surface area contributed by atoms with E-state index in [1.165, 1.54) is 202 Å². The van der Waals surface area contributed by atoms with Crippen LogP contribution in [-0.2, 0) is 21.4 Å². The van der Waals surface area contributed by atoms with E-state index in [4.69, 9.17) is 71.7 Å². The third-order valence-corrected chi connectivity index (χ3v) is 29.6. The Hall–Kier alpha value is -10.2. The monoisotopic (exact) mass is 1800 g/mol. The van der Waals surface area contributed by atoms with Gasteiger partial charge >= 0.3 is 12.2 Å². The molecule has 0 atom stereocenters. The number of unbranched alkanes of at least 4 members (excludes halogenated alkanes) is 27. The summed E-state index contributed by atoms with van der Waals surface area (Å²) in [6.45, 7) is 33.3. The lowest BCUT2D eigenvalue weighted by Gasteiger charge is -2.16. The van der Waals surface area contributed by atoms with E-state index < -0.39 is 16.1 Å². The maximum atomic E-state index is 12.2. The SMILES string of the molecule is CCCCCCCCCCCCOc1c(C)c2ccc(-c3c[nH]c4c(-c5ccc6c(OCCCCCCCCCCCC)c(C)c7ccc(-c8c[nH]c9c(C)c[nH]c89)nc7c6n5)c[nH]c34)nc2c2nc(C)ccc12.CCCCCCCCCCCCOc1c(C)c2ccc(Cl)nc2c2nc(Cl)ccc12.COC(=O)n1cc([Si](C)(C)C)c2c1c([Si](C)(C)C)cn2C.O=C=O. The van der Waals surface area contributed by atoms with Crippen LogP contribution < -0.4 is 24.6 Å². The zero-order valence-electron chi connectivity index (χ0n) is 78.9. The van der Waals surface area contributed by atoms with E-state index in [0.717, 1.165) is 186 Å². The second-order valence-corrected chi connectivity index (χ2v) is 47.9. The molecule has 128 heavy (non-hydrogen) atoms. The average Bonchev–Trinajstić information content (AvgIpc) is 1.55. The third kappa shape index (κ3) is 23.2. The normalized spacial score (nSPS) is 11.8. The number of rotatable bonds is 41. The summed E-state index contributed by atoms with van der Waals surface area (Å²) in [5, 5.41) is 9.55. The fourth-order valence-corrected chi connectivity index (χ4v) is 21.5. The number of aryl methyl sites for hydroxylation is 6. The molecule has 15 rings (SSSR count). The number of aromatic nitrogens is 12. The third-order valence-electron chi connectivity index (χ3n) is 25.3. The van der Waals surface area contributed by atoms with Gasteiger partial charge in [0, 0.05) is 116 Å². The van der Waals surface area contributed by atoms with E-state index >= 15 is 0 Å². The number of ether oxygens (including phenoxy) is 4.